The van der Waals surface area contributed by atoms with Crippen LogP contribution in [-0.2, 0) is 0 Å². The topological polar surface area (TPSA) is 42.2 Å². The SMILES string of the molecule is CC(C)(C)CC(C)(C)Nc1c(-c2ccccc2Cl)nc2ncccn12. The second-order valence-electron chi connectivity index (χ2n) is 8.32. The fourth-order valence-electron chi connectivity index (χ4n) is 3.54. The van der Waals surface area contributed by atoms with Crippen molar-refractivity contribution in [1.82, 2.24) is 14.4 Å². The molecule has 0 aliphatic rings. The molecule has 0 saturated heterocycles. The van der Waals surface area contributed by atoms with Crippen molar-refractivity contribution in [3.8, 4) is 11.3 Å². The zero-order valence-electron chi connectivity index (χ0n) is 15.5. The third-order valence-electron chi connectivity index (χ3n) is 3.96. The number of hydrogen-bond donors (Lipinski definition) is 1. The Bertz CT molecular complexity index is 890. The average Bonchev–Trinajstić information content (AvgIpc) is 2.83. The van der Waals surface area contributed by atoms with Crippen LogP contribution in [0.1, 0.15) is 41.0 Å². The van der Waals surface area contributed by atoms with Crippen LogP contribution in [-0.4, -0.2) is 19.9 Å². The zero-order chi connectivity index (χ0) is 18.2. The molecule has 0 fully saturated rings. The Labute approximate surface area is 154 Å². The van der Waals surface area contributed by atoms with Gasteiger partial charge in [0.2, 0.25) is 5.78 Å². The van der Waals surface area contributed by atoms with Crippen LogP contribution in [0.5, 0.6) is 0 Å². The first-order valence-electron chi connectivity index (χ1n) is 8.52. The van der Waals surface area contributed by atoms with Gasteiger partial charge in [0.15, 0.2) is 0 Å². The quantitative estimate of drug-likeness (QED) is 0.654. The van der Waals surface area contributed by atoms with Crippen molar-refractivity contribution in [3.05, 3.63) is 47.7 Å². The van der Waals surface area contributed by atoms with E-state index < -0.39 is 0 Å². The number of fused-ring (bicyclic) bond motifs is 1. The van der Waals surface area contributed by atoms with Crippen molar-refractivity contribution in [2.75, 3.05) is 5.32 Å². The number of rotatable bonds is 4. The summed E-state index contributed by atoms with van der Waals surface area (Å²) in [6.07, 6.45) is 4.74. The fourth-order valence-corrected chi connectivity index (χ4v) is 3.76. The molecule has 0 aliphatic carbocycles. The van der Waals surface area contributed by atoms with Gasteiger partial charge >= 0.3 is 0 Å². The summed E-state index contributed by atoms with van der Waals surface area (Å²) in [7, 11) is 0. The molecule has 3 rings (SSSR count). The number of halogens is 1. The van der Waals surface area contributed by atoms with Crippen LogP contribution in [0.4, 0.5) is 5.82 Å². The van der Waals surface area contributed by atoms with Crippen LogP contribution in [0.2, 0.25) is 5.02 Å². The van der Waals surface area contributed by atoms with E-state index in [0.29, 0.717) is 10.8 Å². The van der Waals surface area contributed by atoms with Crippen molar-refractivity contribution < 1.29 is 0 Å². The Kier molecular flexibility index (Phi) is 4.50. The molecular weight excluding hydrogens is 332 g/mol. The maximum absolute atomic E-state index is 6.44. The van der Waals surface area contributed by atoms with E-state index >= 15 is 0 Å². The summed E-state index contributed by atoms with van der Waals surface area (Å²) in [5.74, 6) is 1.58. The molecule has 4 nitrogen and oxygen atoms in total. The molecule has 25 heavy (non-hydrogen) atoms. The molecule has 3 aromatic rings. The molecule has 0 aliphatic heterocycles. The number of anilines is 1. The Morgan fingerprint density at radius 2 is 1.80 bits per heavy atom. The highest BCUT2D eigenvalue weighted by atomic mass is 35.5. The van der Waals surface area contributed by atoms with Gasteiger partial charge in [0, 0.05) is 23.5 Å². The van der Waals surface area contributed by atoms with Gasteiger partial charge in [-0.25, -0.2) is 9.97 Å². The van der Waals surface area contributed by atoms with E-state index in [1.807, 2.05) is 40.9 Å². The number of aromatic nitrogens is 3. The van der Waals surface area contributed by atoms with Crippen LogP contribution in [0, 0.1) is 5.41 Å². The molecule has 0 saturated carbocycles. The molecule has 132 valence electrons. The van der Waals surface area contributed by atoms with Gasteiger partial charge in [0.25, 0.3) is 0 Å². The molecule has 2 aromatic heterocycles. The van der Waals surface area contributed by atoms with E-state index in [-0.39, 0.29) is 11.0 Å². The van der Waals surface area contributed by atoms with Gasteiger partial charge in [-0.15, -0.1) is 0 Å². The number of imidazole rings is 1. The van der Waals surface area contributed by atoms with Crippen molar-refractivity contribution >= 4 is 23.2 Å². The summed E-state index contributed by atoms with van der Waals surface area (Å²) >= 11 is 6.44. The number of nitrogens with one attached hydrogen (secondary N) is 1. The lowest BCUT2D eigenvalue weighted by atomic mass is 9.82. The van der Waals surface area contributed by atoms with E-state index in [0.717, 1.165) is 23.5 Å². The van der Waals surface area contributed by atoms with Gasteiger partial charge < -0.3 is 5.32 Å². The Balaban J connectivity index is 2.13. The van der Waals surface area contributed by atoms with E-state index in [2.05, 4.69) is 44.9 Å². The van der Waals surface area contributed by atoms with Gasteiger partial charge in [-0.1, -0.05) is 50.6 Å². The van der Waals surface area contributed by atoms with Crippen molar-refractivity contribution in [1.29, 1.82) is 0 Å². The number of benzene rings is 1. The Morgan fingerprint density at radius 3 is 2.48 bits per heavy atom. The van der Waals surface area contributed by atoms with Crippen LogP contribution >= 0.6 is 11.6 Å². The predicted molar refractivity (Wildman–Crippen MR) is 105 cm³/mol. The minimum atomic E-state index is -0.111. The minimum Gasteiger partial charge on any atom is -0.364 e. The van der Waals surface area contributed by atoms with Crippen molar-refractivity contribution in [3.63, 3.8) is 0 Å². The highest BCUT2D eigenvalue weighted by Crippen LogP contribution is 2.36. The molecule has 2 heterocycles. The van der Waals surface area contributed by atoms with E-state index in [9.17, 15) is 0 Å². The third kappa shape index (κ3) is 3.96. The summed E-state index contributed by atoms with van der Waals surface area (Å²) in [4.78, 5) is 9.12. The first kappa shape index (κ1) is 17.7. The molecule has 0 unspecified atom stereocenters. The van der Waals surface area contributed by atoms with E-state index in [4.69, 9.17) is 16.6 Å². The van der Waals surface area contributed by atoms with Crippen LogP contribution < -0.4 is 5.32 Å². The summed E-state index contributed by atoms with van der Waals surface area (Å²) in [6.45, 7) is 11.2. The van der Waals surface area contributed by atoms with Gasteiger partial charge in [-0.3, -0.25) is 4.40 Å². The van der Waals surface area contributed by atoms with Crippen molar-refractivity contribution in [2.45, 2.75) is 46.6 Å². The normalized spacial score (nSPS) is 12.6. The summed E-state index contributed by atoms with van der Waals surface area (Å²) in [5, 5.41) is 4.38. The van der Waals surface area contributed by atoms with Crippen LogP contribution in [0.25, 0.3) is 17.0 Å². The first-order chi connectivity index (χ1) is 11.7. The summed E-state index contributed by atoms with van der Waals surface area (Å²) < 4.78 is 1.99. The standard InChI is InChI=1S/C20H25ClN4/c1-19(2,3)13-20(4,5)24-17-16(14-9-6-7-10-15(14)21)23-18-22-11-8-12-25(17)18/h6-12,24H,13H2,1-5H3. The zero-order valence-corrected chi connectivity index (χ0v) is 16.2. The van der Waals surface area contributed by atoms with Crippen LogP contribution in [0.3, 0.4) is 0 Å². The Morgan fingerprint density at radius 1 is 1.08 bits per heavy atom. The van der Waals surface area contributed by atoms with Crippen molar-refractivity contribution in [2.24, 2.45) is 5.41 Å². The van der Waals surface area contributed by atoms with Gasteiger partial charge in [-0.2, -0.15) is 0 Å². The lowest BCUT2D eigenvalue weighted by Gasteiger charge is -2.34. The van der Waals surface area contributed by atoms with E-state index in [1.165, 1.54) is 0 Å². The maximum Gasteiger partial charge on any atom is 0.235 e. The highest BCUT2D eigenvalue weighted by Gasteiger charge is 2.28. The lowest BCUT2D eigenvalue weighted by Crippen LogP contribution is -2.36. The number of hydrogen-bond acceptors (Lipinski definition) is 3. The Hall–Kier alpha value is -2.07. The molecule has 1 N–H and O–H groups in total. The molecule has 1 aromatic carbocycles. The average molecular weight is 357 g/mol. The molecule has 0 amide bonds. The fraction of sp³-hybridized carbons (Fsp3) is 0.400. The second-order valence-corrected chi connectivity index (χ2v) is 8.73. The van der Waals surface area contributed by atoms with Crippen LogP contribution in [0.15, 0.2) is 42.7 Å². The van der Waals surface area contributed by atoms with E-state index in [1.54, 1.807) is 6.20 Å². The minimum absolute atomic E-state index is 0.111. The summed E-state index contributed by atoms with van der Waals surface area (Å²) in [6, 6.07) is 9.69. The molecule has 0 atom stereocenters. The first-order valence-corrected chi connectivity index (χ1v) is 8.90. The summed E-state index contributed by atoms with van der Waals surface area (Å²) in [5.41, 5.74) is 1.83. The molecule has 0 bridgehead atoms. The molecule has 0 spiro atoms. The molecular formula is C20H25ClN4. The monoisotopic (exact) mass is 356 g/mol. The maximum atomic E-state index is 6.44. The molecule has 5 heteroatoms. The predicted octanol–water partition coefficient (Wildman–Crippen LogP) is 5.68. The van der Waals surface area contributed by atoms with Gasteiger partial charge in [0.1, 0.15) is 11.5 Å². The highest BCUT2D eigenvalue weighted by molar-refractivity contribution is 6.33. The molecule has 0 radical (unpaired) electrons. The lowest BCUT2D eigenvalue weighted by molar-refractivity contribution is 0.302. The second kappa shape index (κ2) is 6.34. The number of nitrogens with zero attached hydrogens (tertiary/aromatic N) is 3. The smallest absolute Gasteiger partial charge is 0.235 e. The van der Waals surface area contributed by atoms with Gasteiger partial charge in [0.05, 0.1) is 5.02 Å². The van der Waals surface area contributed by atoms with Gasteiger partial charge in [-0.05, 0) is 37.8 Å². The largest absolute Gasteiger partial charge is 0.364 e. The third-order valence-corrected chi connectivity index (χ3v) is 4.29.